The highest BCUT2D eigenvalue weighted by molar-refractivity contribution is 7.91. The summed E-state index contributed by atoms with van der Waals surface area (Å²) in [7, 11) is -4.14. The van der Waals surface area contributed by atoms with Gasteiger partial charge in [0.05, 0.1) is 23.9 Å². The Balaban J connectivity index is 1.24. The minimum atomic E-state index is -4.14. The quantitative estimate of drug-likeness (QED) is 0.195. The molecule has 4 fully saturated rings. The topological polar surface area (TPSA) is 173 Å². The van der Waals surface area contributed by atoms with Gasteiger partial charge in [-0.15, -0.1) is 0 Å². The molecule has 3 aliphatic carbocycles. The number of hydrogen-bond acceptors (Lipinski definition) is 9. The first-order valence-electron chi connectivity index (χ1n) is 18.5. The molecule has 0 spiro atoms. The number of carbonyl (C=O) groups excluding carboxylic acids is 4. The predicted octanol–water partition coefficient (Wildman–Crippen LogP) is 4.64. The van der Waals surface area contributed by atoms with Crippen molar-refractivity contribution < 1.29 is 50.3 Å². The number of halogens is 3. The Hall–Kier alpha value is -4.67. The van der Waals surface area contributed by atoms with Gasteiger partial charge in [0, 0.05) is 12.0 Å². The van der Waals surface area contributed by atoms with Gasteiger partial charge < -0.3 is 25.1 Å². The van der Waals surface area contributed by atoms with Crippen LogP contribution in [0, 0.1) is 17.2 Å². The smallest absolute Gasteiger partial charge is 0.408 e. The lowest BCUT2D eigenvalue weighted by atomic mass is 9.85. The zero-order valence-corrected chi connectivity index (χ0v) is 31.6. The van der Waals surface area contributed by atoms with Crippen molar-refractivity contribution in [2.45, 2.75) is 114 Å². The number of amides is 4. The molecule has 6 rings (SSSR count). The van der Waals surface area contributed by atoms with E-state index in [0.29, 0.717) is 42.4 Å². The van der Waals surface area contributed by atoms with Crippen LogP contribution in [0.25, 0.3) is 11.1 Å². The number of oxime groups is 1. The number of alkyl halides is 2. The fourth-order valence-electron chi connectivity index (χ4n) is 7.23. The number of sulfonamides is 1. The van der Waals surface area contributed by atoms with Gasteiger partial charge in [0.1, 0.15) is 35.6 Å². The van der Waals surface area contributed by atoms with Crippen molar-refractivity contribution in [3.63, 3.8) is 0 Å². The second kappa shape index (κ2) is 15.8. The van der Waals surface area contributed by atoms with Gasteiger partial charge >= 0.3 is 6.09 Å². The molecule has 17 heteroatoms. The molecule has 0 radical (unpaired) electrons. The van der Waals surface area contributed by atoms with Gasteiger partial charge in [-0.05, 0) is 73.6 Å². The minimum Gasteiger partial charge on any atom is -0.446 e. The largest absolute Gasteiger partial charge is 0.446 e. The summed E-state index contributed by atoms with van der Waals surface area (Å²) < 4.78 is 74.7. The highest BCUT2D eigenvalue weighted by Gasteiger charge is 2.67. The first-order chi connectivity index (χ1) is 26.0. The Labute approximate surface area is 317 Å². The third kappa shape index (κ3) is 9.24. The van der Waals surface area contributed by atoms with Crippen molar-refractivity contribution in [3.05, 3.63) is 59.9 Å². The zero-order chi connectivity index (χ0) is 39.7. The van der Waals surface area contributed by atoms with E-state index in [4.69, 9.17) is 9.57 Å². The van der Waals surface area contributed by atoms with Crippen LogP contribution in [0.5, 0.6) is 0 Å². The van der Waals surface area contributed by atoms with Crippen LogP contribution in [-0.2, 0) is 34.0 Å². The number of alkyl carbamates (subject to hydrolysis) is 1. The minimum absolute atomic E-state index is 0.193. The third-order valence-corrected chi connectivity index (χ3v) is 12.4. The molecule has 5 atom stereocenters. The van der Waals surface area contributed by atoms with Crippen LogP contribution < -0.4 is 15.4 Å². The van der Waals surface area contributed by atoms with Gasteiger partial charge in [-0.3, -0.25) is 19.1 Å². The van der Waals surface area contributed by atoms with Gasteiger partial charge in [0.25, 0.3) is 5.91 Å². The molecule has 2 aromatic rings. The first kappa shape index (κ1) is 40.0. The summed E-state index contributed by atoms with van der Waals surface area (Å²) in [6, 6.07) is 10.4. The molecule has 1 aliphatic heterocycles. The lowest BCUT2D eigenvalue weighted by molar-refractivity contribution is -0.143. The van der Waals surface area contributed by atoms with E-state index in [9.17, 15) is 40.8 Å². The Bertz CT molecular complexity index is 1930. The van der Waals surface area contributed by atoms with Crippen molar-refractivity contribution in [2.24, 2.45) is 16.5 Å². The van der Waals surface area contributed by atoms with Crippen molar-refractivity contribution >= 4 is 40.1 Å². The summed E-state index contributed by atoms with van der Waals surface area (Å²) in [5.41, 5.74) is -1.31. The normalized spacial score (nSPS) is 24.8. The fraction of sp³-hybridized carbons (Fsp3) is 0.553. The van der Waals surface area contributed by atoms with E-state index in [0.717, 1.165) is 17.7 Å². The number of hydrogen-bond donors (Lipinski definition) is 3. The van der Waals surface area contributed by atoms with E-state index in [2.05, 4.69) is 15.8 Å². The number of carbonyl (C=O) groups is 4. The number of benzene rings is 2. The summed E-state index contributed by atoms with van der Waals surface area (Å²) in [5.74, 6) is -5.04. The number of nitrogens with zero attached hydrogens (tertiary/aromatic N) is 2. The van der Waals surface area contributed by atoms with E-state index in [-0.39, 0.29) is 19.1 Å². The van der Waals surface area contributed by atoms with Crippen molar-refractivity contribution in [1.82, 2.24) is 20.3 Å². The van der Waals surface area contributed by atoms with Crippen LogP contribution in [0.2, 0.25) is 0 Å². The molecule has 0 aromatic heterocycles. The lowest BCUT2D eigenvalue weighted by Gasteiger charge is -2.35. The Kier molecular flexibility index (Phi) is 11.5. The average molecular weight is 790 g/mol. The van der Waals surface area contributed by atoms with Crippen LogP contribution in [0.1, 0.15) is 77.7 Å². The van der Waals surface area contributed by atoms with Crippen LogP contribution >= 0.6 is 0 Å². The van der Waals surface area contributed by atoms with Crippen molar-refractivity contribution in [3.8, 4) is 11.1 Å². The standard InChI is InChI=1S/C38H46F3N5O8S/c1-37(2,3)31(43-36(50)53-25-12-5-6-13-25)34(48)46-21-26(54-42-20-23-9-4-7-14-28(23)22-10-8-11-24(39)17-22)18-30(46)33(47)44-38(19-29(38)32(40)41)35(49)45-55(51,52)27-15-16-27/h4,7-11,14,17,20,25-27,29-32H,5-6,12-13,15-16,18-19,21H2,1-3H3,(H,43,50)(H,44,47)(H,45,49)/b42-20+/t26-,29+,30+,31-,38+/m1/s1. The Morgan fingerprint density at radius 3 is 2.35 bits per heavy atom. The molecule has 55 heavy (non-hydrogen) atoms. The third-order valence-electron chi connectivity index (χ3n) is 10.6. The monoisotopic (exact) mass is 789 g/mol. The van der Waals surface area contributed by atoms with Gasteiger partial charge in [0.2, 0.25) is 28.3 Å². The van der Waals surface area contributed by atoms with Crippen LogP contribution in [0.3, 0.4) is 0 Å². The highest BCUT2D eigenvalue weighted by Crippen LogP contribution is 2.48. The molecular weight excluding hydrogens is 744 g/mol. The van der Waals surface area contributed by atoms with E-state index in [1.807, 2.05) is 4.72 Å². The van der Waals surface area contributed by atoms with E-state index < -0.39 is 92.8 Å². The van der Waals surface area contributed by atoms with E-state index in [1.165, 1.54) is 18.3 Å². The number of ether oxygens (including phenoxy) is 1. The number of rotatable bonds is 13. The molecule has 0 unspecified atom stereocenters. The fourth-order valence-corrected chi connectivity index (χ4v) is 8.59. The molecule has 0 bridgehead atoms. The molecular formula is C38H46F3N5O8S. The zero-order valence-electron chi connectivity index (χ0n) is 30.8. The van der Waals surface area contributed by atoms with Crippen molar-refractivity contribution in [2.75, 3.05) is 6.54 Å². The second-order valence-electron chi connectivity index (χ2n) is 15.8. The Morgan fingerprint density at radius 2 is 1.71 bits per heavy atom. The molecule has 1 saturated heterocycles. The SMILES string of the molecule is CC(C)(C)[C@H](NC(=O)OC1CCCC1)C(=O)N1C[C@H](O/N=C/c2ccccc2-c2cccc(F)c2)C[C@H]1C(=O)N[C@@]1(C(=O)NS(=O)(=O)C2CC2)C[C@H]1C(F)F. The van der Waals surface area contributed by atoms with Gasteiger partial charge in [0.15, 0.2) is 0 Å². The van der Waals surface area contributed by atoms with Gasteiger partial charge in [-0.2, -0.15) is 0 Å². The molecule has 3 N–H and O–H groups in total. The first-order valence-corrected chi connectivity index (χ1v) is 20.0. The maximum absolute atomic E-state index is 14.4. The van der Waals surface area contributed by atoms with Crippen LogP contribution in [-0.4, -0.2) is 91.4 Å². The summed E-state index contributed by atoms with van der Waals surface area (Å²) >= 11 is 0. The molecule has 298 valence electrons. The summed E-state index contributed by atoms with van der Waals surface area (Å²) in [4.78, 5) is 61.7. The summed E-state index contributed by atoms with van der Waals surface area (Å²) in [6.45, 7) is 4.91. The molecule has 4 amide bonds. The predicted molar refractivity (Wildman–Crippen MR) is 195 cm³/mol. The maximum Gasteiger partial charge on any atom is 0.408 e. The molecule has 13 nitrogen and oxygen atoms in total. The van der Waals surface area contributed by atoms with E-state index >= 15 is 0 Å². The summed E-state index contributed by atoms with van der Waals surface area (Å²) in [5, 5.41) is 8.34. The van der Waals surface area contributed by atoms with Gasteiger partial charge in [-0.25, -0.2) is 26.4 Å². The lowest BCUT2D eigenvalue weighted by Crippen LogP contribution is -2.60. The number of likely N-dealkylation sites (tertiary alicyclic amines) is 1. The van der Waals surface area contributed by atoms with Gasteiger partial charge in [-0.1, -0.05) is 62.3 Å². The molecule has 3 saturated carbocycles. The van der Waals surface area contributed by atoms with Crippen LogP contribution in [0.15, 0.2) is 53.7 Å². The number of nitrogens with one attached hydrogen (secondary N) is 3. The highest BCUT2D eigenvalue weighted by atomic mass is 32.2. The maximum atomic E-state index is 14.4. The van der Waals surface area contributed by atoms with E-state index in [1.54, 1.807) is 57.2 Å². The molecule has 1 heterocycles. The van der Waals surface area contributed by atoms with Crippen LogP contribution in [0.4, 0.5) is 18.0 Å². The average Bonchev–Trinajstić information content (AvgIpc) is 4.01. The van der Waals surface area contributed by atoms with Crippen molar-refractivity contribution in [1.29, 1.82) is 0 Å². The molecule has 2 aromatic carbocycles. The summed E-state index contributed by atoms with van der Waals surface area (Å²) in [6.07, 6.45) is -0.564. The second-order valence-corrected chi connectivity index (χ2v) is 17.8. The molecule has 4 aliphatic rings. The Morgan fingerprint density at radius 1 is 1.00 bits per heavy atom.